The van der Waals surface area contributed by atoms with E-state index in [4.69, 9.17) is 9.47 Å². The molecule has 0 radical (unpaired) electrons. The Hall–Kier alpha value is -2.23. The van der Waals surface area contributed by atoms with Crippen molar-refractivity contribution in [2.45, 2.75) is 51.1 Å². The number of ketones is 1. The Morgan fingerprint density at radius 2 is 1.70 bits per heavy atom. The fraction of sp³-hybridized carbons (Fsp3) is 0.481. The van der Waals surface area contributed by atoms with Gasteiger partial charge in [-0.1, -0.05) is 35.9 Å². The van der Waals surface area contributed by atoms with Gasteiger partial charge in [0, 0.05) is 24.9 Å². The van der Waals surface area contributed by atoms with Gasteiger partial charge >= 0.3 is 0 Å². The van der Waals surface area contributed by atoms with E-state index in [1.54, 1.807) is 0 Å². The predicted octanol–water partition coefficient (Wildman–Crippen LogP) is 5.03. The normalized spacial score (nSPS) is 16.9. The van der Waals surface area contributed by atoms with Crippen LogP contribution in [0.5, 0.6) is 11.5 Å². The van der Waals surface area contributed by atoms with Gasteiger partial charge in [-0.3, -0.25) is 9.59 Å². The van der Waals surface area contributed by atoms with Crippen molar-refractivity contribution in [1.82, 2.24) is 4.90 Å². The summed E-state index contributed by atoms with van der Waals surface area (Å²) in [6.45, 7) is 6.39. The summed E-state index contributed by atoms with van der Waals surface area (Å²) in [5, 5.41) is 0. The molecule has 6 heteroatoms. The van der Waals surface area contributed by atoms with Gasteiger partial charge in [-0.05, 0) is 77.6 Å². The van der Waals surface area contributed by atoms with E-state index in [0.29, 0.717) is 38.1 Å². The summed E-state index contributed by atoms with van der Waals surface area (Å²) in [5.74, 6) is 1.73. The van der Waals surface area contributed by atoms with E-state index in [1.165, 1.54) is 18.4 Å². The Morgan fingerprint density at radius 3 is 2.45 bits per heavy atom. The molecule has 2 aromatic carbocycles. The van der Waals surface area contributed by atoms with Crippen LogP contribution in [0.25, 0.3) is 0 Å². The molecule has 2 aliphatic rings. The number of rotatable bonds is 11. The van der Waals surface area contributed by atoms with E-state index in [0.717, 1.165) is 48.7 Å². The molecule has 1 fully saturated rings. The molecule has 33 heavy (non-hydrogen) atoms. The number of hydrogen-bond donors (Lipinski definition) is 0. The molecule has 0 saturated carbocycles. The highest BCUT2D eigenvalue weighted by Crippen LogP contribution is 2.34. The summed E-state index contributed by atoms with van der Waals surface area (Å²) in [6, 6.07) is 13.8. The number of aryl methyl sites for hydroxylation is 1. The van der Waals surface area contributed by atoms with Crippen LogP contribution >= 0.6 is 8.58 Å². The van der Waals surface area contributed by atoms with Crippen molar-refractivity contribution in [3.8, 4) is 11.5 Å². The third-order valence-electron chi connectivity index (χ3n) is 6.31. The average Bonchev–Trinajstić information content (AvgIpc) is 3.32. The molecule has 0 aliphatic carbocycles. The first kappa shape index (κ1) is 23.9. The van der Waals surface area contributed by atoms with Gasteiger partial charge < -0.3 is 14.4 Å². The largest absolute Gasteiger partial charge is 0.486 e. The highest BCUT2D eigenvalue weighted by Gasteiger charge is 2.22. The molecule has 4 rings (SSSR count). The number of carbonyl (C=O) groups is 2. The lowest BCUT2D eigenvalue weighted by atomic mass is 10.0. The van der Waals surface area contributed by atoms with Gasteiger partial charge in [0.2, 0.25) is 0 Å². The number of carbonyl (C=O) groups excluding carboxylic acids is 2. The Balaban J connectivity index is 1.31. The summed E-state index contributed by atoms with van der Waals surface area (Å²) in [4.78, 5) is 27.8. The van der Waals surface area contributed by atoms with Crippen molar-refractivity contribution in [2.75, 3.05) is 32.8 Å². The van der Waals surface area contributed by atoms with Crippen molar-refractivity contribution in [1.29, 1.82) is 0 Å². The van der Waals surface area contributed by atoms with E-state index < -0.39 is 0 Å². The highest BCUT2D eigenvalue weighted by molar-refractivity contribution is 7.58. The van der Waals surface area contributed by atoms with Gasteiger partial charge in [0.25, 0.3) is 0 Å². The van der Waals surface area contributed by atoms with E-state index in [-0.39, 0.29) is 19.9 Å². The van der Waals surface area contributed by atoms with E-state index in [2.05, 4.69) is 17.0 Å². The first-order chi connectivity index (χ1) is 16.1. The molecule has 2 aliphatic heterocycles. The molecule has 1 saturated heterocycles. The molecule has 2 heterocycles. The first-order valence-corrected chi connectivity index (χ1v) is 13.1. The maximum Gasteiger partial charge on any atom is 0.162 e. The van der Waals surface area contributed by atoms with Gasteiger partial charge in [0.05, 0.1) is 0 Å². The Labute approximate surface area is 198 Å². The molecule has 0 amide bonds. The minimum absolute atomic E-state index is 0.121. The van der Waals surface area contributed by atoms with Crippen molar-refractivity contribution in [3.63, 3.8) is 0 Å². The fourth-order valence-electron chi connectivity index (χ4n) is 4.53. The lowest BCUT2D eigenvalue weighted by Gasteiger charge is -2.24. The van der Waals surface area contributed by atoms with E-state index >= 15 is 0 Å². The maximum absolute atomic E-state index is 12.9. The number of Topliss-reactive ketones (excluding diaryl/α,β-unsaturated/α-hetero) is 1. The molecular weight excluding hydrogens is 433 g/mol. The van der Waals surface area contributed by atoms with Crippen LogP contribution in [0.15, 0.2) is 42.5 Å². The molecule has 176 valence electrons. The molecule has 2 aromatic rings. The second-order valence-corrected chi connectivity index (χ2v) is 10.8. The van der Waals surface area contributed by atoms with Crippen molar-refractivity contribution < 1.29 is 19.1 Å². The molecule has 0 aromatic heterocycles. The molecule has 2 atom stereocenters. The maximum atomic E-state index is 12.9. The number of nitrogens with zero attached hydrogens (tertiary/aromatic N) is 1. The fourth-order valence-corrected chi connectivity index (χ4v) is 5.99. The van der Waals surface area contributed by atoms with Crippen molar-refractivity contribution >= 4 is 19.9 Å². The predicted molar refractivity (Wildman–Crippen MR) is 133 cm³/mol. The Kier molecular flexibility index (Phi) is 8.52. The second-order valence-electron chi connectivity index (χ2n) is 9.10. The monoisotopic (exact) mass is 467 g/mol. The lowest BCUT2D eigenvalue weighted by molar-refractivity contribution is -0.111. The zero-order chi connectivity index (χ0) is 23.0. The summed E-state index contributed by atoms with van der Waals surface area (Å²) in [7, 11) is 0.262. The minimum atomic E-state index is 0.121. The number of ether oxygens (including phenoxy) is 2. The smallest absolute Gasteiger partial charge is 0.162 e. The average molecular weight is 468 g/mol. The van der Waals surface area contributed by atoms with Crippen LogP contribution in [-0.2, 0) is 11.2 Å². The van der Waals surface area contributed by atoms with Crippen molar-refractivity contribution in [2.24, 2.45) is 0 Å². The molecule has 2 unspecified atom stereocenters. The standard InChI is InChI=1S/C27H34NO4P/c1-20-7-10-22(11-8-20)24(29)5-4-6-27(30)33-23(19-28-13-2-3-14-28)17-21-9-12-25-26(18-21)32-16-15-31-25/h7-12,18,23,33H,2-6,13-17,19H2,1H3. The number of fused-ring (bicyclic) bond motifs is 1. The zero-order valence-corrected chi connectivity index (χ0v) is 20.5. The Bertz CT molecular complexity index is 953. The first-order valence-electron chi connectivity index (χ1n) is 12.1. The summed E-state index contributed by atoms with van der Waals surface area (Å²) >= 11 is 0. The number of benzene rings is 2. The molecule has 0 N–H and O–H groups in total. The third kappa shape index (κ3) is 7.12. The summed E-state index contributed by atoms with van der Waals surface area (Å²) in [6.07, 6.45) is 4.88. The number of hydrogen-bond acceptors (Lipinski definition) is 5. The Morgan fingerprint density at radius 1 is 0.970 bits per heavy atom. The molecule has 0 spiro atoms. The minimum Gasteiger partial charge on any atom is -0.486 e. The van der Waals surface area contributed by atoms with E-state index in [1.807, 2.05) is 37.3 Å². The topological polar surface area (TPSA) is 55.8 Å². The van der Waals surface area contributed by atoms with Crippen LogP contribution in [0, 0.1) is 6.92 Å². The summed E-state index contributed by atoms with van der Waals surface area (Å²) in [5.41, 5.74) is 3.66. The van der Waals surface area contributed by atoms with Crippen LogP contribution < -0.4 is 9.47 Å². The highest BCUT2D eigenvalue weighted by atomic mass is 31.1. The number of likely N-dealkylation sites (tertiary alicyclic amines) is 1. The van der Waals surface area contributed by atoms with Crippen molar-refractivity contribution in [3.05, 3.63) is 59.2 Å². The van der Waals surface area contributed by atoms with Gasteiger partial charge in [-0.2, -0.15) is 0 Å². The van der Waals surface area contributed by atoms with Crippen LogP contribution in [0.1, 0.15) is 53.6 Å². The van der Waals surface area contributed by atoms with Gasteiger partial charge in [0.15, 0.2) is 22.8 Å². The van der Waals surface area contributed by atoms with Crippen LogP contribution in [0.2, 0.25) is 0 Å². The van der Waals surface area contributed by atoms with E-state index in [9.17, 15) is 9.59 Å². The van der Waals surface area contributed by atoms with Crippen LogP contribution in [-0.4, -0.2) is 54.7 Å². The van der Waals surface area contributed by atoms with Gasteiger partial charge in [-0.15, -0.1) is 0 Å². The quantitative estimate of drug-likeness (QED) is 0.343. The SMILES string of the molecule is Cc1ccc(C(=O)CCCC(=O)PC(Cc2ccc3c(c2)OCCO3)CN2CCCC2)cc1. The van der Waals surface area contributed by atoms with Gasteiger partial charge in [0.1, 0.15) is 13.2 Å². The molecule has 0 bridgehead atoms. The van der Waals surface area contributed by atoms with Gasteiger partial charge in [-0.25, -0.2) is 0 Å². The lowest BCUT2D eigenvalue weighted by Crippen LogP contribution is -2.29. The zero-order valence-electron chi connectivity index (χ0n) is 19.5. The molecule has 5 nitrogen and oxygen atoms in total. The second kappa shape index (κ2) is 11.8. The van der Waals surface area contributed by atoms with Crippen LogP contribution in [0.3, 0.4) is 0 Å². The third-order valence-corrected chi connectivity index (χ3v) is 7.68. The summed E-state index contributed by atoms with van der Waals surface area (Å²) < 4.78 is 11.4. The molecular formula is C27H34NO4P. The van der Waals surface area contributed by atoms with Crippen LogP contribution in [0.4, 0.5) is 0 Å².